The van der Waals surface area contributed by atoms with Crippen molar-refractivity contribution in [3.05, 3.63) is 50.1 Å². The third kappa shape index (κ3) is 3.03. The van der Waals surface area contributed by atoms with Crippen LogP contribution in [0.5, 0.6) is 0 Å². The van der Waals surface area contributed by atoms with Crippen LogP contribution >= 0.6 is 27.3 Å². The molecule has 19 heavy (non-hydrogen) atoms. The normalized spacial score (nSPS) is 15.9. The zero-order chi connectivity index (χ0) is 13.2. The van der Waals surface area contributed by atoms with Gasteiger partial charge < -0.3 is 5.32 Å². The third-order valence-corrected chi connectivity index (χ3v) is 5.62. The van der Waals surface area contributed by atoms with Gasteiger partial charge in [0.2, 0.25) is 0 Å². The van der Waals surface area contributed by atoms with E-state index in [4.69, 9.17) is 0 Å². The number of thiophene rings is 1. The molecule has 100 valence electrons. The molecule has 1 heterocycles. The molecule has 1 nitrogen and oxygen atoms in total. The Morgan fingerprint density at radius 1 is 1.16 bits per heavy atom. The summed E-state index contributed by atoms with van der Waals surface area (Å²) in [4.78, 5) is 3.08. The Bertz CT molecular complexity index is 535. The maximum Gasteiger partial charge on any atom is 0.0578 e. The molecule has 0 saturated heterocycles. The molecule has 3 rings (SSSR count). The Kier molecular flexibility index (Phi) is 3.94. The van der Waals surface area contributed by atoms with Gasteiger partial charge in [0, 0.05) is 19.9 Å². The molecule has 1 aliphatic carbocycles. The summed E-state index contributed by atoms with van der Waals surface area (Å²) in [5.41, 5.74) is 2.78. The minimum atomic E-state index is 0.386. The number of halogens is 1. The second-order valence-corrected chi connectivity index (χ2v) is 7.26. The molecule has 1 aromatic heterocycles. The topological polar surface area (TPSA) is 12.0 Å². The predicted octanol–water partition coefficient (Wildman–Crippen LogP) is 5.56. The number of rotatable bonds is 3. The van der Waals surface area contributed by atoms with E-state index in [-0.39, 0.29) is 0 Å². The van der Waals surface area contributed by atoms with Crippen molar-refractivity contribution in [1.82, 2.24) is 0 Å². The number of nitrogens with one attached hydrogen (secondary N) is 1. The van der Waals surface area contributed by atoms with Gasteiger partial charge in [-0.2, -0.15) is 0 Å². The lowest BCUT2D eigenvalue weighted by Gasteiger charge is -2.13. The molecule has 0 bridgehead atoms. The van der Waals surface area contributed by atoms with Crippen LogP contribution in [0.3, 0.4) is 0 Å². The van der Waals surface area contributed by atoms with Crippen LogP contribution in [-0.4, -0.2) is 0 Å². The van der Waals surface area contributed by atoms with E-state index in [1.54, 1.807) is 10.4 Å². The molecule has 0 fully saturated rings. The van der Waals surface area contributed by atoms with E-state index in [0.717, 1.165) is 4.47 Å². The molecule has 1 aromatic carbocycles. The first kappa shape index (κ1) is 13.2. The van der Waals surface area contributed by atoms with Gasteiger partial charge in [-0.3, -0.25) is 0 Å². The molecule has 0 spiro atoms. The SMILES string of the molecule is CC(Nc1ccc(Br)cc1)c1cc2c(s1)CCCC2. The first-order valence-corrected chi connectivity index (χ1v) is 8.47. The van der Waals surface area contributed by atoms with Gasteiger partial charge in [-0.1, -0.05) is 15.9 Å². The Hall–Kier alpha value is -0.800. The lowest BCUT2D eigenvalue weighted by Crippen LogP contribution is -2.04. The molecule has 1 N–H and O–H groups in total. The Balaban J connectivity index is 1.74. The first-order valence-electron chi connectivity index (χ1n) is 6.86. The molecular weight excluding hydrogens is 318 g/mol. The van der Waals surface area contributed by atoms with E-state index >= 15 is 0 Å². The summed E-state index contributed by atoms with van der Waals surface area (Å²) in [5, 5.41) is 3.58. The van der Waals surface area contributed by atoms with Gasteiger partial charge in [-0.25, -0.2) is 0 Å². The summed E-state index contributed by atoms with van der Waals surface area (Å²) in [5.74, 6) is 0. The van der Waals surface area contributed by atoms with Gasteiger partial charge in [-0.05, 0) is 68.5 Å². The highest BCUT2D eigenvalue weighted by molar-refractivity contribution is 9.10. The molecule has 1 atom stereocenters. The number of benzene rings is 1. The van der Waals surface area contributed by atoms with Crippen LogP contribution in [0.1, 0.15) is 41.1 Å². The maximum absolute atomic E-state index is 3.58. The molecule has 0 amide bonds. The summed E-state index contributed by atoms with van der Waals surface area (Å²) in [6.45, 7) is 2.25. The summed E-state index contributed by atoms with van der Waals surface area (Å²) in [7, 11) is 0. The van der Waals surface area contributed by atoms with Crippen LogP contribution < -0.4 is 5.32 Å². The summed E-state index contributed by atoms with van der Waals surface area (Å²) >= 11 is 5.46. The molecule has 0 aliphatic heterocycles. The molecular formula is C16H18BrNS. The second kappa shape index (κ2) is 5.68. The largest absolute Gasteiger partial charge is 0.378 e. The van der Waals surface area contributed by atoms with Crippen molar-refractivity contribution in [1.29, 1.82) is 0 Å². The van der Waals surface area contributed by atoms with Crippen molar-refractivity contribution in [3.8, 4) is 0 Å². The average Bonchev–Trinajstić information content (AvgIpc) is 2.85. The smallest absolute Gasteiger partial charge is 0.0578 e. The van der Waals surface area contributed by atoms with E-state index in [9.17, 15) is 0 Å². The Labute approximate surface area is 127 Å². The van der Waals surface area contributed by atoms with Crippen molar-refractivity contribution in [2.24, 2.45) is 0 Å². The molecule has 2 aromatic rings. The fourth-order valence-corrected chi connectivity index (χ4v) is 4.12. The highest BCUT2D eigenvalue weighted by Crippen LogP contribution is 2.34. The van der Waals surface area contributed by atoms with Crippen LogP contribution in [0.4, 0.5) is 5.69 Å². The average molecular weight is 336 g/mol. The van der Waals surface area contributed by atoms with Gasteiger partial charge in [0.15, 0.2) is 0 Å². The van der Waals surface area contributed by atoms with E-state index in [2.05, 4.69) is 58.5 Å². The summed E-state index contributed by atoms with van der Waals surface area (Å²) in [6, 6.07) is 11.2. The fraction of sp³-hybridized carbons (Fsp3) is 0.375. The monoisotopic (exact) mass is 335 g/mol. The van der Waals surface area contributed by atoms with Crippen molar-refractivity contribution in [3.63, 3.8) is 0 Å². The zero-order valence-corrected chi connectivity index (χ0v) is 13.5. The number of fused-ring (bicyclic) bond motifs is 1. The number of hydrogen-bond donors (Lipinski definition) is 1. The standard InChI is InChI=1S/C16H18BrNS/c1-11(18-14-8-6-13(17)7-9-14)16-10-12-4-2-3-5-15(12)19-16/h6-11,18H,2-5H2,1H3. The molecule has 3 heteroatoms. The van der Waals surface area contributed by atoms with Gasteiger partial charge in [-0.15, -0.1) is 11.3 Å². The van der Waals surface area contributed by atoms with E-state index in [0.29, 0.717) is 6.04 Å². The van der Waals surface area contributed by atoms with Crippen LogP contribution in [0, 0.1) is 0 Å². The lowest BCUT2D eigenvalue weighted by atomic mass is 9.99. The van der Waals surface area contributed by atoms with Crippen LogP contribution in [-0.2, 0) is 12.8 Å². The van der Waals surface area contributed by atoms with Crippen molar-refractivity contribution >= 4 is 33.0 Å². The first-order chi connectivity index (χ1) is 9.22. The number of hydrogen-bond acceptors (Lipinski definition) is 2. The lowest BCUT2D eigenvalue weighted by molar-refractivity contribution is 0.696. The van der Waals surface area contributed by atoms with Crippen molar-refractivity contribution in [2.75, 3.05) is 5.32 Å². The predicted molar refractivity (Wildman–Crippen MR) is 87.1 cm³/mol. The molecule has 1 unspecified atom stereocenters. The van der Waals surface area contributed by atoms with Crippen molar-refractivity contribution < 1.29 is 0 Å². The van der Waals surface area contributed by atoms with Crippen LogP contribution in [0.2, 0.25) is 0 Å². The Morgan fingerprint density at radius 2 is 1.89 bits per heavy atom. The minimum Gasteiger partial charge on any atom is -0.378 e. The van der Waals surface area contributed by atoms with Gasteiger partial charge in [0.25, 0.3) is 0 Å². The third-order valence-electron chi connectivity index (χ3n) is 3.67. The Morgan fingerprint density at radius 3 is 2.63 bits per heavy atom. The van der Waals surface area contributed by atoms with Gasteiger partial charge in [0.1, 0.15) is 0 Å². The number of anilines is 1. The minimum absolute atomic E-state index is 0.386. The fourth-order valence-electron chi connectivity index (χ4n) is 2.59. The van der Waals surface area contributed by atoms with Gasteiger partial charge in [0.05, 0.1) is 6.04 Å². The number of aryl methyl sites for hydroxylation is 2. The summed E-state index contributed by atoms with van der Waals surface area (Å²) in [6.07, 6.45) is 5.28. The highest BCUT2D eigenvalue weighted by atomic mass is 79.9. The van der Waals surface area contributed by atoms with E-state index in [1.165, 1.54) is 36.2 Å². The zero-order valence-electron chi connectivity index (χ0n) is 11.1. The van der Waals surface area contributed by atoms with E-state index in [1.807, 2.05) is 11.3 Å². The second-order valence-electron chi connectivity index (χ2n) is 5.18. The molecule has 0 radical (unpaired) electrons. The van der Waals surface area contributed by atoms with Gasteiger partial charge >= 0.3 is 0 Å². The van der Waals surface area contributed by atoms with Crippen molar-refractivity contribution in [2.45, 2.75) is 38.6 Å². The molecule has 1 aliphatic rings. The van der Waals surface area contributed by atoms with E-state index < -0.39 is 0 Å². The maximum atomic E-state index is 3.58. The molecule has 0 saturated carbocycles. The summed E-state index contributed by atoms with van der Waals surface area (Å²) < 4.78 is 1.12. The highest BCUT2D eigenvalue weighted by Gasteiger charge is 2.16. The van der Waals surface area contributed by atoms with Crippen LogP contribution in [0.15, 0.2) is 34.8 Å². The quantitative estimate of drug-likeness (QED) is 0.773. The van der Waals surface area contributed by atoms with Crippen LogP contribution in [0.25, 0.3) is 0 Å².